The fraction of sp³-hybridized carbons (Fsp3) is 0.400. The highest BCUT2D eigenvalue weighted by Gasteiger charge is 2.22. The highest BCUT2D eigenvalue weighted by atomic mass is 16.6. The zero-order valence-corrected chi connectivity index (χ0v) is 11.8. The van der Waals surface area contributed by atoms with E-state index < -0.39 is 0 Å². The number of aromatic nitrogens is 2. The molecule has 5 heteroatoms. The molecule has 0 saturated carbocycles. The van der Waals surface area contributed by atoms with Crippen molar-refractivity contribution in [2.75, 3.05) is 20.2 Å². The molecule has 106 valence electrons. The normalized spacial score (nSPS) is 17.4. The molecule has 2 aromatic rings. The first-order chi connectivity index (χ1) is 9.70. The number of benzene rings is 1. The van der Waals surface area contributed by atoms with Crippen molar-refractivity contribution in [3.8, 4) is 11.5 Å². The molecule has 0 aliphatic carbocycles. The smallest absolute Gasteiger partial charge is 0.161 e. The maximum atomic E-state index is 5.95. The first kappa shape index (κ1) is 13.0. The Morgan fingerprint density at radius 3 is 2.90 bits per heavy atom. The van der Waals surface area contributed by atoms with Crippen LogP contribution in [-0.2, 0) is 6.54 Å². The molecule has 0 spiro atoms. The molecule has 1 aliphatic rings. The molecule has 0 radical (unpaired) electrons. The molecule has 1 atom stereocenters. The fourth-order valence-electron chi connectivity index (χ4n) is 2.40. The second-order valence-corrected chi connectivity index (χ2v) is 5.24. The van der Waals surface area contributed by atoms with Gasteiger partial charge in [-0.1, -0.05) is 12.1 Å². The number of nitrogens with zero attached hydrogens (tertiary/aromatic N) is 2. The summed E-state index contributed by atoms with van der Waals surface area (Å²) in [6.07, 6.45) is 0.0509. The average Bonchev–Trinajstić information content (AvgIpc) is 2.83. The van der Waals surface area contributed by atoms with Crippen LogP contribution in [0.3, 0.4) is 0 Å². The number of ether oxygens (including phenoxy) is 2. The van der Waals surface area contributed by atoms with E-state index in [4.69, 9.17) is 9.47 Å². The molecule has 5 nitrogen and oxygen atoms in total. The van der Waals surface area contributed by atoms with Crippen LogP contribution in [0.5, 0.6) is 11.5 Å². The zero-order chi connectivity index (χ0) is 13.9. The summed E-state index contributed by atoms with van der Waals surface area (Å²) in [6.45, 7) is 4.19. The molecule has 20 heavy (non-hydrogen) atoms. The number of nitrogens with one attached hydrogen (secondary N) is 1. The molecule has 0 saturated heterocycles. The second-order valence-electron chi connectivity index (χ2n) is 5.24. The number of hydrogen-bond donors (Lipinski definition) is 1. The van der Waals surface area contributed by atoms with E-state index in [9.17, 15) is 0 Å². The van der Waals surface area contributed by atoms with Crippen molar-refractivity contribution in [1.82, 2.24) is 15.1 Å². The Kier molecular flexibility index (Phi) is 3.60. The van der Waals surface area contributed by atoms with E-state index in [1.54, 1.807) is 0 Å². The molecule has 1 aliphatic heterocycles. The van der Waals surface area contributed by atoms with E-state index in [0.29, 0.717) is 6.61 Å². The molecule has 0 bridgehead atoms. The van der Waals surface area contributed by atoms with Crippen LogP contribution in [-0.4, -0.2) is 41.4 Å². The number of fused-ring (bicyclic) bond motifs is 1. The quantitative estimate of drug-likeness (QED) is 0.925. The lowest BCUT2D eigenvalue weighted by molar-refractivity contribution is 0.0635. The highest BCUT2D eigenvalue weighted by Crippen LogP contribution is 2.30. The molecule has 2 heterocycles. The molecular weight excluding hydrogens is 254 g/mol. The first-order valence-electron chi connectivity index (χ1n) is 6.78. The largest absolute Gasteiger partial charge is 0.486 e. The van der Waals surface area contributed by atoms with Gasteiger partial charge in [0, 0.05) is 18.8 Å². The Morgan fingerprint density at radius 2 is 2.15 bits per heavy atom. The van der Waals surface area contributed by atoms with Crippen LogP contribution in [0.4, 0.5) is 0 Å². The second kappa shape index (κ2) is 5.54. The van der Waals surface area contributed by atoms with E-state index in [0.717, 1.165) is 36.0 Å². The Morgan fingerprint density at radius 1 is 1.35 bits per heavy atom. The van der Waals surface area contributed by atoms with Gasteiger partial charge in [-0.05, 0) is 32.2 Å². The summed E-state index contributed by atoms with van der Waals surface area (Å²) < 4.78 is 11.7. The van der Waals surface area contributed by atoms with Crippen molar-refractivity contribution in [2.45, 2.75) is 19.6 Å². The number of rotatable bonds is 4. The number of aryl methyl sites for hydroxylation is 1. The van der Waals surface area contributed by atoms with Gasteiger partial charge >= 0.3 is 0 Å². The Balaban J connectivity index is 1.56. The summed E-state index contributed by atoms with van der Waals surface area (Å²) in [6, 6.07) is 9.85. The van der Waals surface area contributed by atoms with Crippen LogP contribution in [0.15, 0.2) is 30.3 Å². The van der Waals surface area contributed by atoms with E-state index in [1.807, 2.05) is 31.2 Å². The third kappa shape index (κ3) is 2.93. The molecule has 0 unspecified atom stereocenters. The van der Waals surface area contributed by atoms with E-state index >= 15 is 0 Å². The van der Waals surface area contributed by atoms with Crippen molar-refractivity contribution < 1.29 is 9.47 Å². The summed E-state index contributed by atoms with van der Waals surface area (Å²) in [5, 5.41) is 7.20. The molecule has 0 fully saturated rings. The minimum atomic E-state index is 0.0509. The van der Waals surface area contributed by atoms with Crippen molar-refractivity contribution in [1.29, 1.82) is 0 Å². The highest BCUT2D eigenvalue weighted by molar-refractivity contribution is 5.40. The summed E-state index contributed by atoms with van der Waals surface area (Å²) >= 11 is 0. The van der Waals surface area contributed by atoms with E-state index in [1.165, 1.54) is 0 Å². The molecule has 1 N–H and O–H groups in total. The predicted octanol–water partition coefficient (Wildman–Crippen LogP) is 1.99. The third-order valence-electron chi connectivity index (χ3n) is 3.27. The van der Waals surface area contributed by atoms with Crippen molar-refractivity contribution in [3.05, 3.63) is 41.7 Å². The van der Waals surface area contributed by atoms with Gasteiger partial charge in [0.25, 0.3) is 0 Å². The predicted molar refractivity (Wildman–Crippen MR) is 76.0 cm³/mol. The average molecular weight is 273 g/mol. The lowest BCUT2D eigenvalue weighted by Gasteiger charge is -2.29. The van der Waals surface area contributed by atoms with Crippen molar-refractivity contribution in [2.24, 2.45) is 0 Å². The Bertz CT molecular complexity index is 582. The minimum Gasteiger partial charge on any atom is -0.486 e. The fourth-order valence-corrected chi connectivity index (χ4v) is 2.40. The van der Waals surface area contributed by atoms with Crippen LogP contribution >= 0.6 is 0 Å². The monoisotopic (exact) mass is 273 g/mol. The van der Waals surface area contributed by atoms with Crippen LogP contribution in [0, 0.1) is 6.92 Å². The summed E-state index contributed by atoms with van der Waals surface area (Å²) in [5.74, 6) is 1.65. The Hall–Kier alpha value is -2.01. The SMILES string of the molecule is Cc1cc(CN(C)C[C@H]2COc3ccccc3O2)n[nH]1. The van der Waals surface area contributed by atoms with Crippen LogP contribution < -0.4 is 9.47 Å². The summed E-state index contributed by atoms with van der Waals surface area (Å²) in [7, 11) is 2.06. The molecule has 3 rings (SSSR count). The Labute approximate surface area is 118 Å². The summed E-state index contributed by atoms with van der Waals surface area (Å²) in [4.78, 5) is 2.19. The molecule has 1 aromatic heterocycles. The lowest BCUT2D eigenvalue weighted by atomic mass is 10.2. The lowest BCUT2D eigenvalue weighted by Crippen LogP contribution is -2.39. The zero-order valence-electron chi connectivity index (χ0n) is 11.8. The van der Waals surface area contributed by atoms with Crippen LogP contribution in [0.25, 0.3) is 0 Å². The van der Waals surface area contributed by atoms with Gasteiger partial charge in [-0.3, -0.25) is 10.00 Å². The number of para-hydroxylation sites is 2. The molecular formula is C15H19N3O2. The van der Waals surface area contributed by atoms with Gasteiger partial charge in [-0.15, -0.1) is 0 Å². The van der Waals surface area contributed by atoms with Crippen molar-refractivity contribution in [3.63, 3.8) is 0 Å². The molecule has 1 aromatic carbocycles. The molecule has 0 amide bonds. The number of hydrogen-bond acceptors (Lipinski definition) is 4. The maximum Gasteiger partial charge on any atom is 0.161 e. The number of H-pyrrole nitrogens is 1. The van der Waals surface area contributed by atoms with Crippen LogP contribution in [0.1, 0.15) is 11.4 Å². The van der Waals surface area contributed by atoms with E-state index in [2.05, 4.69) is 28.2 Å². The third-order valence-corrected chi connectivity index (χ3v) is 3.27. The van der Waals surface area contributed by atoms with Gasteiger partial charge in [-0.2, -0.15) is 5.10 Å². The number of likely N-dealkylation sites (N-methyl/N-ethyl adjacent to an activating group) is 1. The van der Waals surface area contributed by atoms with Gasteiger partial charge < -0.3 is 9.47 Å². The van der Waals surface area contributed by atoms with Gasteiger partial charge in [0.05, 0.1) is 5.69 Å². The van der Waals surface area contributed by atoms with Crippen LogP contribution in [0.2, 0.25) is 0 Å². The van der Waals surface area contributed by atoms with E-state index in [-0.39, 0.29) is 6.10 Å². The standard InChI is InChI=1S/C15H19N3O2/c1-11-7-12(17-16-11)8-18(2)9-13-10-19-14-5-3-4-6-15(14)20-13/h3-7,13H,8-10H2,1-2H3,(H,16,17)/t13-/m0/s1. The van der Waals surface area contributed by atoms with Gasteiger partial charge in [-0.25, -0.2) is 0 Å². The minimum absolute atomic E-state index is 0.0509. The summed E-state index contributed by atoms with van der Waals surface area (Å²) in [5.41, 5.74) is 2.13. The first-order valence-corrected chi connectivity index (χ1v) is 6.78. The van der Waals surface area contributed by atoms with Crippen molar-refractivity contribution >= 4 is 0 Å². The van der Waals surface area contributed by atoms with Gasteiger partial charge in [0.15, 0.2) is 11.5 Å². The van der Waals surface area contributed by atoms with Gasteiger partial charge in [0.2, 0.25) is 0 Å². The number of aromatic amines is 1. The van der Waals surface area contributed by atoms with Gasteiger partial charge in [0.1, 0.15) is 12.7 Å². The topological polar surface area (TPSA) is 50.4 Å². The maximum absolute atomic E-state index is 5.95.